The number of benzene rings is 1. The summed E-state index contributed by atoms with van der Waals surface area (Å²) < 4.78 is 7.53. The molecule has 94 valence electrons. The number of aromatic nitrogens is 3. The molecule has 5 nitrogen and oxygen atoms in total. The molecule has 1 unspecified atom stereocenters. The molecule has 0 saturated carbocycles. The second-order valence-electron chi connectivity index (χ2n) is 4.53. The Morgan fingerprint density at radius 1 is 1.33 bits per heavy atom. The lowest BCUT2D eigenvalue weighted by Crippen LogP contribution is -2.32. The van der Waals surface area contributed by atoms with E-state index in [9.17, 15) is 0 Å². The molecule has 1 aliphatic heterocycles. The minimum atomic E-state index is 0.196. The molecule has 0 fully saturated rings. The quantitative estimate of drug-likeness (QED) is 0.879. The highest BCUT2D eigenvalue weighted by molar-refractivity contribution is 5.21. The lowest BCUT2D eigenvalue weighted by Gasteiger charge is -2.17. The maximum Gasteiger partial charge on any atom is 0.188 e. The average molecular weight is 244 g/mol. The van der Waals surface area contributed by atoms with Crippen molar-refractivity contribution in [2.24, 2.45) is 5.73 Å². The molecule has 18 heavy (non-hydrogen) atoms. The molecule has 2 heterocycles. The van der Waals surface area contributed by atoms with Gasteiger partial charge in [0.1, 0.15) is 18.2 Å². The summed E-state index contributed by atoms with van der Waals surface area (Å²) in [5.41, 5.74) is 5.90. The first-order valence-corrected chi connectivity index (χ1v) is 6.17. The lowest BCUT2D eigenvalue weighted by molar-refractivity contribution is 0.294. The number of hydrogen-bond acceptors (Lipinski definition) is 4. The molecular formula is C13H16N4O. The highest BCUT2D eigenvalue weighted by Gasteiger charge is 2.18. The minimum absolute atomic E-state index is 0.196. The third-order valence-electron chi connectivity index (χ3n) is 3.05. The molecule has 0 bridgehead atoms. The van der Waals surface area contributed by atoms with Gasteiger partial charge in [-0.25, -0.2) is 9.67 Å². The van der Waals surface area contributed by atoms with Crippen LogP contribution < -0.4 is 10.5 Å². The van der Waals surface area contributed by atoms with E-state index in [-0.39, 0.29) is 6.04 Å². The van der Waals surface area contributed by atoms with Crippen LogP contribution in [-0.2, 0) is 19.6 Å². The van der Waals surface area contributed by atoms with E-state index in [1.165, 1.54) is 0 Å². The van der Waals surface area contributed by atoms with Gasteiger partial charge in [0.15, 0.2) is 5.82 Å². The van der Waals surface area contributed by atoms with Gasteiger partial charge in [-0.05, 0) is 18.6 Å². The first-order valence-electron chi connectivity index (χ1n) is 6.17. The highest BCUT2D eigenvalue weighted by atomic mass is 16.5. The Labute approximate surface area is 106 Å². The van der Waals surface area contributed by atoms with E-state index in [1.807, 2.05) is 35.0 Å². The van der Waals surface area contributed by atoms with E-state index < -0.39 is 0 Å². The van der Waals surface area contributed by atoms with E-state index in [2.05, 4.69) is 10.1 Å². The number of para-hydroxylation sites is 1. The summed E-state index contributed by atoms with van der Waals surface area (Å²) in [6.07, 6.45) is 1.89. The molecule has 1 atom stereocenters. The van der Waals surface area contributed by atoms with Crippen molar-refractivity contribution in [2.45, 2.75) is 32.0 Å². The fraction of sp³-hybridized carbons (Fsp3) is 0.385. The fourth-order valence-corrected chi connectivity index (χ4v) is 2.11. The van der Waals surface area contributed by atoms with E-state index in [4.69, 9.17) is 10.5 Å². The molecule has 0 spiro atoms. The Morgan fingerprint density at radius 2 is 2.17 bits per heavy atom. The number of fused-ring (bicyclic) bond motifs is 1. The number of nitrogens with zero attached hydrogens (tertiary/aromatic N) is 3. The van der Waals surface area contributed by atoms with Crippen LogP contribution in [-0.4, -0.2) is 20.8 Å². The van der Waals surface area contributed by atoms with Gasteiger partial charge in [0.05, 0.1) is 6.54 Å². The zero-order valence-electron chi connectivity index (χ0n) is 10.1. The van der Waals surface area contributed by atoms with E-state index >= 15 is 0 Å². The van der Waals surface area contributed by atoms with Crippen LogP contribution >= 0.6 is 0 Å². The summed E-state index contributed by atoms with van der Waals surface area (Å²) >= 11 is 0. The van der Waals surface area contributed by atoms with Crippen molar-refractivity contribution in [3.8, 4) is 5.75 Å². The number of nitrogens with two attached hydrogens (primary N) is 1. The van der Waals surface area contributed by atoms with Crippen molar-refractivity contribution in [1.29, 1.82) is 0 Å². The van der Waals surface area contributed by atoms with Crippen LogP contribution in [0.25, 0.3) is 0 Å². The molecule has 2 aromatic rings. The Hall–Kier alpha value is -1.88. The standard InChI is InChI=1S/C13H16N4O/c14-10-6-7-13-15-12(16-17(13)8-10)9-18-11-4-2-1-3-5-11/h1-5,10H,6-9,14H2. The van der Waals surface area contributed by atoms with Gasteiger partial charge in [0.2, 0.25) is 0 Å². The molecule has 1 aromatic carbocycles. The van der Waals surface area contributed by atoms with Crippen LogP contribution in [0, 0.1) is 0 Å². The predicted molar refractivity (Wildman–Crippen MR) is 67.1 cm³/mol. The molecule has 0 amide bonds. The van der Waals surface area contributed by atoms with Crippen LogP contribution in [0.4, 0.5) is 0 Å². The molecule has 1 aromatic heterocycles. The van der Waals surface area contributed by atoms with Gasteiger partial charge in [0, 0.05) is 12.5 Å². The summed E-state index contributed by atoms with van der Waals surface area (Å²) in [6, 6.07) is 9.89. The molecule has 2 N–H and O–H groups in total. The molecule has 0 aliphatic carbocycles. The van der Waals surface area contributed by atoms with Crippen LogP contribution in [0.15, 0.2) is 30.3 Å². The van der Waals surface area contributed by atoms with Crippen LogP contribution in [0.1, 0.15) is 18.1 Å². The van der Waals surface area contributed by atoms with Gasteiger partial charge >= 0.3 is 0 Å². The summed E-state index contributed by atoms with van der Waals surface area (Å²) in [4.78, 5) is 4.47. The van der Waals surface area contributed by atoms with Gasteiger partial charge in [0.25, 0.3) is 0 Å². The third-order valence-corrected chi connectivity index (χ3v) is 3.05. The molecule has 3 rings (SSSR count). The SMILES string of the molecule is NC1CCc2nc(COc3ccccc3)nn2C1. The second kappa shape index (κ2) is 4.78. The summed E-state index contributed by atoms with van der Waals surface area (Å²) in [5.74, 6) is 2.58. The topological polar surface area (TPSA) is 66.0 Å². The Bertz CT molecular complexity index is 523. The summed E-state index contributed by atoms with van der Waals surface area (Å²) in [7, 11) is 0. The van der Waals surface area contributed by atoms with Crippen molar-refractivity contribution < 1.29 is 4.74 Å². The average Bonchev–Trinajstić information content (AvgIpc) is 2.79. The van der Waals surface area contributed by atoms with Crippen molar-refractivity contribution in [2.75, 3.05) is 0 Å². The molecule has 5 heteroatoms. The zero-order valence-corrected chi connectivity index (χ0v) is 10.1. The number of ether oxygens (including phenoxy) is 1. The maximum absolute atomic E-state index is 5.90. The van der Waals surface area contributed by atoms with Crippen LogP contribution in [0.3, 0.4) is 0 Å². The highest BCUT2D eigenvalue weighted by Crippen LogP contribution is 2.14. The van der Waals surface area contributed by atoms with Gasteiger partial charge in [-0.1, -0.05) is 18.2 Å². The van der Waals surface area contributed by atoms with Gasteiger partial charge in [-0.3, -0.25) is 0 Å². The first-order chi connectivity index (χ1) is 8.81. The van der Waals surface area contributed by atoms with Crippen LogP contribution in [0.2, 0.25) is 0 Å². The van der Waals surface area contributed by atoms with Crippen LogP contribution in [0.5, 0.6) is 5.75 Å². The third kappa shape index (κ3) is 2.36. The van der Waals surface area contributed by atoms with Gasteiger partial charge < -0.3 is 10.5 Å². The fourth-order valence-electron chi connectivity index (χ4n) is 2.11. The van der Waals surface area contributed by atoms with Gasteiger partial charge in [-0.2, -0.15) is 5.10 Å². The molecule has 0 saturated heterocycles. The number of aryl methyl sites for hydroxylation is 1. The predicted octanol–water partition coefficient (Wildman–Crippen LogP) is 1.13. The van der Waals surface area contributed by atoms with E-state index in [0.29, 0.717) is 6.61 Å². The van der Waals surface area contributed by atoms with E-state index in [0.717, 1.165) is 36.8 Å². The largest absolute Gasteiger partial charge is 0.486 e. The molecule has 1 aliphatic rings. The summed E-state index contributed by atoms with van der Waals surface area (Å²) in [6.45, 7) is 1.16. The molecular weight excluding hydrogens is 228 g/mol. The van der Waals surface area contributed by atoms with E-state index in [1.54, 1.807) is 0 Å². The smallest absolute Gasteiger partial charge is 0.188 e. The first kappa shape index (κ1) is 11.2. The Balaban J connectivity index is 1.67. The van der Waals surface area contributed by atoms with Crippen molar-refractivity contribution >= 4 is 0 Å². The van der Waals surface area contributed by atoms with Crippen molar-refractivity contribution in [3.05, 3.63) is 42.0 Å². The van der Waals surface area contributed by atoms with Crippen molar-refractivity contribution in [1.82, 2.24) is 14.8 Å². The number of rotatable bonds is 3. The second-order valence-corrected chi connectivity index (χ2v) is 4.53. The Morgan fingerprint density at radius 3 is 3.00 bits per heavy atom. The maximum atomic E-state index is 5.90. The van der Waals surface area contributed by atoms with Crippen molar-refractivity contribution in [3.63, 3.8) is 0 Å². The van der Waals surface area contributed by atoms with Gasteiger partial charge in [-0.15, -0.1) is 0 Å². The normalized spacial score (nSPS) is 18.4. The monoisotopic (exact) mass is 244 g/mol. The molecule has 0 radical (unpaired) electrons. The Kier molecular flexibility index (Phi) is 2.98. The minimum Gasteiger partial charge on any atom is -0.486 e. The zero-order chi connectivity index (χ0) is 12.4. The number of hydrogen-bond donors (Lipinski definition) is 1. The lowest BCUT2D eigenvalue weighted by atomic mass is 10.1. The summed E-state index contributed by atoms with van der Waals surface area (Å²) in [5, 5.41) is 4.42.